The van der Waals surface area contributed by atoms with Gasteiger partial charge in [-0.1, -0.05) is 17.7 Å². The Balaban J connectivity index is 2.31. The lowest BCUT2D eigenvalue weighted by atomic mass is 10.2. The van der Waals surface area contributed by atoms with Crippen molar-refractivity contribution < 1.29 is 8.42 Å². The summed E-state index contributed by atoms with van der Waals surface area (Å²) < 4.78 is 26.0. The Bertz CT molecular complexity index is 612. The number of benzene rings is 1. The maximum Gasteiger partial charge on any atom is 0.184 e. The molecule has 5 heteroatoms. The molecular weight excluding hydrogens is 236 g/mol. The van der Waals surface area contributed by atoms with Gasteiger partial charge in [-0.05, 0) is 19.1 Å². The van der Waals surface area contributed by atoms with Gasteiger partial charge in [-0.15, -0.1) is 0 Å². The van der Waals surface area contributed by atoms with Crippen molar-refractivity contribution in [1.82, 2.24) is 9.55 Å². The van der Waals surface area contributed by atoms with Crippen molar-refractivity contribution in [2.24, 2.45) is 7.05 Å². The summed E-state index contributed by atoms with van der Waals surface area (Å²) in [6.45, 7) is 1.93. The van der Waals surface area contributed by atoms with Gasteiger partial charge in [0.15, 0.2) is 9.84 Å². The summed E-state index contributed by atoms with van der Waals surface area (Å²) in [5.41, 5.74) is 1.73. The Kier molecular flexibility index (Phi) is 3.02. The summed E-state index contributed by atoms with van der Waals surface area (Å²) in [5, 5.41) is 0. The highest BCUT2D eigenvalue weighted by Crippen LogP contribution is 2.16. The van der Waals surface area contributed by atoms with Gasteiger partial charge in [-0.2, -0.15) is 0 Å². The van der Waals surface area contributed by atoms with Crippen molar-refractivity contribution in [3.05, 3.63) is 48.0 Å². The predicted octanol–water partition coefficient (Wildman–Crippen LogP) is 1.70. The molecule has 0 radical (unpaired) electrons. The second-order valence-corrected chi connectivity index (χ2v) is 6.06. The van der Waals surface area contributed by atoms with E-state index in [0.717, 1.165) is 5.56 Å². The molecule has 4 nitrogen and oxygen atoms in total. The van der Waals surface area contributed by atoms with Crippen LogP contribution in [0.3, 0.4) is 0 Å². The van der Waals surface area contributed by atoms with Crippen LogP contribution in [-0.4, -0.2) is 18.0 Å². The second-order valence-electron chi connectivity index (χ2n) is 4.07. The Morgan fingerprint density at radius 1 is 1.24 bits per heavy atom. The first-order chi connectivity index (χ1) is 7.99. The van der Waals surface area contributed by atoms with E-state index in [1.807, 2.05) is 6.92 Å². The van der Waals surface area contributed by atoms with Crippen LogP contribution in [0, 0.1) is 6.92 Å². The van der Waals surface area contributed by atoms with Gasteiger partial charge in [0.25, 0.3) is 0 Å². The molecule has 0 fully saturated rings. The van der Waals surface area contributed by atoms with Crippen LogP contribution >= 0.6 is 0 Å². The van der Waals surface area contributed by atoms with Crippen molar-refractivity contribution in [3.8, 4) is 0 Å². The predicted molar refractivity (Wildman–Crippen MR) is 65.3 cm³/mol. The van der Waals surface area contributed by atoms with Gasteiger partial charge < -0.3 is 4.57 Å². The number of imidazole rings is 1. The third-order valence-electron chi connectivity index (χ3n) is 2.63. The average Bonchev–Trinajstić information content (AvgIpc) is 2.64. The summed E-state index contributed by atoms with van der Waals surface area (Å²) in [4.78, 5) is 4.26. The van der Waals surface area contributed by atoms with Crippen molar-refractivity contribution in [2.75, 3.05) is 0 Å². The quantitative estimate of drug-likeness (QED) is 0.833. The monoisotopic (exact) mass is 250 g/mol. The number of aryl methyl sites for hydroxylation is 2. The Hall–Kier alpha value is -1.62. The van der Waals surface area contributed by atoms with Crippen molar-refractivity contribution in [3.63, 3.8) is 0 Å². The summed E-state index contributed by atoms with van der Waals surface area (Å²) in [7, 11) is -1.50. The van der Waals surface area contributed by atoms with Gasteiger partial charge >= 0.3 is 0 Å². The van der Waals surface area contributed by atoms with Crippen LogP contribution in [0.25, 0.3) is 0 Å². The molecule has 0 spiro atoms. The van der Waals surface area contributed by atoms with Gasteiger partial charge in [0.05, 0.1) is 22.7 Å². The number of sulfone groups is 1. The van der Waals surface area contributed by atoms with Crippen LogP contribution in [0.15, 0.2) is 41.7 Å². The van der Waals surface area contributed by atoms with Crippen LogP contribution in [0.4, 0.5) is 0 Å². The largest absolute Gasteiger partial charge is 0.337 e. The third kappa shape index (κ3) is 2.55. The fraction of sp³-hybridized carbons (Fsp3) is 0.250. The third-order valence-corrected chi connectivity index (χ3v) is 4.30. The van der Waals surface area contributed by atoms with Crippen molar-refractivity contribution in [1.29, 1.82) is 0 Å². The molecule has 0 aliphatic rings. The van der Waals surface area contributed by atoms with Gasteiger partial charge in [-0.25, -0.2) is 13.4 Å². The molecule has 1 heterocycles. The molecule has 0 aliphatic carbocycles. The van der Waals surface area contributed by atoms with E-state index in [1.54, 1.807) is 48.4 Å². The normalized spacial score (nSPS) is 11.6. The lowest BCUT2D eigenvalue weighted by molar-refractivity contribution is 0.593. The topological polar surface area (TPSA) is 52.0 Å². The number of aromatic nitrogens is 2. The number of hydrogen-bond donors (Lipinski definition) is 0. The maximum atomic E-state index is 12.1. The van der Waals surface area contributed by atoms with Crippen LogP contribution in [0.2, 0.25) is 0 Å². The summed E-state index contributed by atoms with van der Waals surface area (Å²) >= 11 is 0. The molecule has 0 saturated carbocycles. The minimum absolute atomic E-state index is 0.0213. The maximum absolute atomic E-state index is 12.1. The van der Waals surface area contributed by atoms with E-state index in [1.165, 1.54) is 0 Å². The SMILES string of the molecule is Cc1ccc(S(=O)(=O)Cc2cncn2C)cc1. The number of rotatable bonds is 3. The smallest absolute Gasteiger partial charge is 0.184 e. The fourth-order valence-corrected chi connectivity index (χ4v) is 2.93. The zero-order valence-corrected chi connectivity index (χ0v) is 10.6. The van der Waals surface area contributed by atoms with Gasteiger partial charge in [-0.3, -0.25) is 0 Å². The molecule has 17 heavy (non-hydrogen) atoms. The number of hydrogen-bond acceptors (Lipinski definition) is 3. The molecule has 0 bridgehead atoms. The first-order valence-corrected chi connectivity index (χ1v) is 6.89. The zero-order valence-electron chi connectivity index (χ0n) is 9.79. The summed E-state index contributed by atoms with van der Waals surface area (Å²) in [5.74, 6) is -0.0213. The highest BCUT2D eigenvalue weighted by molar-refractivity contribution is 7.90. The van der Waals surface area contributed by atoms with E-state index in [-0.39, 0.29) is 5.75 Å². The molecular formula is C12H14N2O2S. The minimum Gasteiger partial charge on any atom is -0.337 e. The van der Waals surface area contributed by atoms with E-state index in [0.29, 0.717) is 10.6 Å². The summed E-state index contributed by atoms with van der Waals surface area (Å²) in [6.07, 6.45) is 3.17. The molecule has 1 aromatic carbocycles. The van der Waals surface area contributed by atoms with Crippen LogP contribution in [-0.2, 0) is 22.6 Å². The van der Waals surface area contributed by atoms with E-state index >= 15 is 0 Å². The molecule has 2 aromatic rings. The highest BCUT2D eigenvalue weighted by Gasteiger charge is 2.16. The molecule has 0 aliphatic heterocycles. The van der Waals surface area contributed by atoms with Gasteiger partial charge in [0, 0.05) is 13.2 Å². The molecule has 0 unspecified atom stereocenters. The van der Waals surface area contributed by atoms with Gasteiger partial charge in [0.2, 0.25) is 0 Å². The molecule has 0 saturated heterocycles. The van der Waals surface area contributed by atoms with Crippen LogP contribution in [0.5, 0.6) is 0 Å². The molecule has 0 amide bonds. The fourth-order valence-electron chi connectivity index (χ4n) is 1.55. The lowest BCUT2D eigenvalue weighted by Crippen LogP contribution is -2.07. The minimum atomic E-state index is -3.28. The Labute approximate surface area is 101 Å². The van der Waals surface area contributed by atoms with Crippen molar-refractivity contribution >= 4 is 9.84 Å². The Morgan fingerprint density at radius 3 is 2.41 bits per heavy atom. The highest BCUT2D eigenvalue weighted by atomic mass is 32.2. The number of nitrogens with zero attached hydrogens (tertiary/aromatic N) is 2. The van der Waals surface area contributed by atoms with Crippen LogP contribution in [0.1, 0.15) is 11.3 Å². The Morgan fingerprint density at radius 2 is 1.88 bits per heavy atom. The molecule has 0 atom stereocenters. The lowest BCUT2D eigenvalue weighted by Gasteiger charge is -2.05. The first-order valence-electron chi connectivity index (χ1n) is 5.24. The zero-order chi connectivity index (χ0) is 12.5. The second kappa shape index (κ2) is 4.33. The van der Waals surface area contributed by atoms with E-state index < -0.39 is 9.84 Å². The summed E-state index contributed by atoms with van der Waals surface area (Å²) in [6, 6.07) is 6.88. The van der Waals surface area contributed by atoms with E-state index in [2.05, 4.69) is 4.98 Å². The molecule has 90 valence electrons. The molecule has 1 aromatic heterocycles. The van der Waals surface area contributed by atoms with Crippen molar-refractivity contribution in [2.45, 2.75) is 17.6 Å². The first kappa shape index (κ1) is 11.9. The molecule has 0 N–H and O–H groups in total. The average molecular weight is 250 g/mol. The standard InChI is InChI=1S/C12H14N2O2S/c1-10-3-5-12(6-4-10)17(15,16)8-11-7-13-9-14(11)2/h3-7,9H,8H2,1-2H3. The van der Waals surface area contributed by atoms with E-state index in [4.69, 9.17) is 0 Å². The van der Waals surface area contributed by atoms with E-state index in [9.17, 15) is 8.42 Å². The van der Waals surface area contributed by atoms with Crippen LogP contribution < -0.4 is 0 Å². The molecule has 2 rings (SSSR count). The van der Waals surface area contributed by atoms with Gasteiger partial charge in [0.1, 0.15) is 0 Å².